The number of carbonyl (C=O) groups excluding carboxylic acids is 1. The van der Waals surface area contributed by atoms with Crippen LogP contribution in [0.15, 0.2) is 23.4 Å². The highest BCUT2D eigenvalue weighted by Crippen LogP contribution is 2.27. The maximum atomic E-state index is 11.9. The van der Waals surface area contributed by atoms with Gasteiger partial charge >= 0.3 is 0 Å². The van der Waals surface area contributed by atoms with Crippen LogP contribution in [0.2, 0.25) is 0 Å². The number of carbonyl (C=O) groups is 1. The Labute approximate surface area is 117 Å². The SMILES string of the molecule is CN(C(=O)COc1ccc2c(c1)CC/C2=N\O)C1CC1. The standard InChI is InChI=1S/C15H18N2O3/c1-17(11-3-4-11)15(18)9-20-12-5-6-13-10(8-12)2-7-14(13)16-19/h5-6,8,11,19H,2-4,7,9H2,1H3/b16-14+. The van der Waals surface area contributed by atoms with Crippen LogP contribution in [0.25, 0.3) is 0 Å². The van der Waals surface area contributed by atoms with Gasteiger partial charge in [-0.05, 0) is 49.4 Å². The van der Waals surface area contributed by atoms with Crippen LogP contribution in [-0.4, -0.2) is 41.4 Å². The lowest BCUT2D eigenvalue weighted by molar-refractivity contribution is -0.132. The van der Waals surface area contributed by atoms with E-state index in [2.05, 4.69) is 5.16 Å². The first-order valence-electron chi connectivity index (χ1n) is 6.91. The first-order chi connectivity index (χ1) is 9.69. The van der Waals surface area contributed by atoms with E-state index < -0.39 is 0 Å². The third-order valence-corrected chi connectivity index (χ3v) is 3.99. The average Bonchev–Trinajstić information content (AvgIpc) is 3.24. The van der Waals surface area contributed by atoms with Crippen molar-refractivity contribution >= 4 is 11.6 Å². The molecular formula is C15H18N2O3. The molecule has 3 rings (SSSR count). The Bertz CT molecular complexity index is 564. The molecule has 1 N–H and O–H groups in total. The minimum atomic E-state index is 0.0191. The summed E-state index contributed by atoms with van der Waals surface area (Å²) in [7, 11) is 1.83. The van der Waals surface area contributed by atoms with Crippen LogP contribution in [0.3, 0.4) is 0 Å². The normalized spacial score (nSPS) is 18.9. The van der Waals surface area contributed by atoms with Gasteiger partial charge in [0.25, 0.3) is 5.91 Å². The van der Waals surface area contributed by atoms with Crippen molar-refractivity contribution in [3.63, 3.8) is 0 Å². The minimum Gasteiger partial charge on any atom is -0.484 e. The number of nitrogens with zero attached hydrogens (tertiary/aromatic N) is 2. The quantitative estimate of drug-likeness (QED) is 0.673. The van der Waals surface area contributed by atoms with Crippen LogP contribution in [0.1, 0.15) is 30.4 Å². The number of hydrogen-bond donors (Lipinski definition) is 1. The second kappa shape index (κ2) is 5.15. The molecule has 5 nitrogen and oxygen atoms in total. The summed E-state index contributed by atoms with van der Waals surface area (Å²) in [6.45, 7) is 0.0761. The largest absolute Gasteiger partial charge is 0.484 e. The molecule has 0 aromatic heterocycles. The molecule has 0 spiro atoms. The number of oxime groups is 1. The maximum absolute atomic E-state index is 11.9. The molecule has 0 heterocycles. The summed E-state index contributed by atoms with van der Waals surface area (Å²) in [4.78, 5) is 13.6. The number of fused-ring (bicyclic) bond motifs is 1. The molecule has 1 fully saturated rings. The van der Waals surface area contributed by atoms with E-state index in [1.165, 1.54) is 0 Å². The van der Waals surface area contributed by atoms with E-state index in [9.17, 15) is 4.79 Å². The molecule has 1 aromatic carbocycles. The van der Waals surface area contributed by atoms with Gasteiger partial charge in [0.1, 0.15) is 5.75 Å². The van der Waals surface area contributed by atoms with Crippen LogP contribution in [-0.2, 0) is 11.2 Å². The molecule has 0 saturated heterocycles. The monoisotopic (exact) mass is 274 g/mol. The predicted octanol–water partition coefficient (Wildman–Crippen LogP) is 1.81. The number of likely N-dealkylation sites (N-methyl/N-ethyl adjacent to an activating group) is 1. The van der Waals surface area contributed by atoms with Crippen molar-refractivity contribution in [2.24, 2.45) is 5.16 Å². The maximum Gasteiger partial charge on any atom is 0.260 e. The molecule has 2 aliphatic carbocycles. The smallest absolute Gasteiger partial charge is 0.260 e. The van der Waals surface area contributed by atoms with Crippen LogP contribution in [0.5, 0.6) is 5.75 Å². The van der Waals surface area contributed by atoms with Crippen molar-refractivity contribution in [3.8, 4) is 5.75 Å². The van der Waals surface area contributed by atoms with Crippen molar-refractivity contribution in [1.82, 2.24) is 4.90 Å². The third-order valence-electron chi connectivity index (χ3n) is 3.99. The first-order valence-corrected chi connectivity index (χ1v) is 6.91. The fourth-order valence-corrected chi connectivity index (χ4v) is 2.55. The number of benzene rings is 1. The first kappa shape index (κ1) is 13.0. The van der Waals surface area contributed by atoms with E-state index in [0.717, 1.165) is 42.5 Å². The topological polar surface area (TPSA) is 62.1 Å². The highest BCUT2D eigenvalue weighted by Gasteiger charge is 2.29. The van der Waals surface area contributed by atoms with Crippen molar-refractivity contribution in [2.75, 3.05) is 13.7 Å². The van der Waals surface area contributed by atoms with Gasteiger partial charge in [-0.2, -0.15) is 0 Å². The van der Waals surface area contributed by atoms with E-state index >= 15 is 0 Å². The molecule has 0 radical (unpaired) electrons. The number of rotatable bonds is 4. The second-order valence-electron chi connectivity index (χ2n) is 5.39. The van der Waals surface area contributed by atoms with Gasteiger partial charge in [0.15, 0.2) is 6.61 Å². The van der Waals surface area contributed by atoms with Gasteiger partial charge < -0.3 is 14.8 Å². The van der Waals surface area contributed by atoms with E-state index in [4.69, 9.17) is 9.94 Å². The summed E-state index contributed by atoms with van der Waals surface area (Å²) in [5, 5.41) is 12.2. The summed E-state index contributed by atoms with van der Waals surface area (Å²) in [5.41, 5.74) is 2.80. The molecule has 20 heavy (non-hydrogen) atoms. The fourth-order valence-electron chi connectivity index (χ4n) is 2.55. The van der Waals surface area contributed by atoms with Crippen LogP contribution >= 0.6 is 0 Å². The minimum absolute atomic E-state index is 0.0191. The summed E-state index contributed by atoms with van der Waals surface area (Å²) < 4.78 is 5.57. The van der Waals surface area contributed by atoms with Gasteiger partial charge in [-0.15, -0.1) is 0 Å². The lowest BCUT2D eigenvalue weighted by atomic mass is 10.1. The highest BCUT2D eigenvalue weighted by molar-refractivity contribution is 6.04. The lowest BCUT2D eigenvalue weighted by Gasteiger charge is -2.16. The Balaban J connectivity index is 1.63. The Morgan fingerprint density at radius 3 is 2.95 bits per heavy atom. The molecule has 0 unspecified atom stereocenters. The van der Waals surface area contributed by atoms with Gasteiger partial charge in [0.2, 0.25) is 0 Å². The fraction of sp³-hybridized carbons (Fsp3) is 0.467. The molecule has 0 bridgehead atoms. The number of ether oxygens (including phenoxy) is 1. The zero-order chi connectivity index (χ0) is 14.1. The Kier molecular flexibility index (Phi) is 3.34. The molecule has 0 atom stereocenters. The highest BCUT2D eigenvalue weighted by atomic mass is 16.5. The molecule has 1 amide bonds. The van der Waals surface area contributed by atoms with Crippen molar-refractivity contribution in [1.29, 1.82) is 0 Å². The van der Waals surface area contributed by atoms with Gasteiger partial charge in [-0.3, -0.25) is 4.79 Å². The van der Waals surface area contributed by atoms with Crippen LogP contribution in [0, 0.1) is 0 Å². The van der Waals surface area contributed by atoms with Crippen LogP contribution < -0.4 is 4.74 Å². The van der Waals surface area contributed by atoms with Crippen molar-refractivity contribution in [2.45, 2.75) is 31.7 Å². The predicted molar refractivity (Wildman–Crippen MR) is 74.4 cm³/mol. The van der Waals surface area contributed by atoms with Crippen molar-refractivity contribution < 1.29 is 14.7 Å². The number of amides is 1. The second-order valence-corrected chi connectivity index (χ2v) is 5.39. The summed E-state index contributed by atoms with van der Waals surface area (Å²) in [5.74, 6) is 0.714. The van der Waals surface area contributed by atoms with Crippen molar-refractivity contribution in [3.05, 3.63) is 29.3 Å². The van der Waals surface area contributed by atoms with Gasteiger partial charge in [-0.25, -0.2) is 0 Å². The molecule has 1 saturated carbocycles. The van der Waals surface area contributed by atoms with Gasteiger partial charge in [0.05, 0.1) is 5.71 Å². The van der Waals surface area contributed by atoms with E-state index in [0.29, 0.717) is 11.8 Å². The molecule has 106 valence electrons. The van der Waals surface area contributed by atoms with E-state index in [-0.39, 0.29) is 12.5 Å². The van der Waals surface area contributed by atoms with Gasteiger partial charge in [0, 0.05) is 18.7 Å². The molecule has 0 aliphatic heterocycles. The Morgan fingerprint density at radius 2 is 2.25 bits per heavy atom. The lowest BCUT2D eigenvalue weighted by Crippen LogP contribution is -2.33. The van der Waals surface area contributed by atoms with E-state index in [1.54, 1.807) is 4.90 Å². The van der Waals surface area contributed by atoms with Gasteiger partial charge in [-0.1, -0.05) is 5.16 Å². The average molecular weight is 274 g/mol. The summed E-state index contributed by atoms with van der Waals surface area (Å²) in [6, 6.07) is 6.05. The molecular weight excluding hydrogens is 256 g/mol. The summed E-state index contributed by atoms with van der Waals surface area (Å²) in [6.07, 6.45) is 3.80. The summed E-state index contributed by atoms with van der Waals surface area (Å²) >= 11 is 0. The number of aryl methyl sites for hydroxylation is 1. The zero-order valence-electron chi connectivity index (χ0n) is 11.5. The zero-order valence-corrected chi connectivity index (χ0v) is 11.5. The molecule has 5 heteroatoms. The van der Waals surface area contributed by atoms with Crippen LogP contribution in [0.4, 0.5) is 0 Å². The van der Waals surface area contributed by atoms with E-state index in [1.807, 2.05) is 25.2 Å². The molecule has 2 aliphatic rings. The molecule has 1 aromatic rings. The Morgan fingerprint density at radius 1 is 1.45 bits per heavy atom. The Hall–Kier alpha value is -2.04. The number of hydrogen-bond acceptors (Lipinski definition) is 4. The third kappa shape index (κ3) is 2.48.